The number of rotatable bonds is 6. The molecule has 2 amide bonds. The largest absolute Gasteiger partial charge is 0.356 e. The smallest absolute Gasteiger partial charge is 0.227 e. The van der Waals surface area contributed by atoms with Crippen LogP contribution in [0.25, 0.3) is 0 Å². The van der Waals surface area contributed by atoms with E-state index in [1.165, 1.54) is 0 Å². The Bertz CT molecular complexity index is 540. The van der Waals surface area contributed by atoms with Crippen LogP contribution in [-0.4, -0.2) is 18.4 Å². The van der Waals surface area contributed by atoms with Crippen molar-refractivity contribution >= 4 is 29.1 Å². The zero-order valence-corrected chi connectivity index (χ0v) is 14.4. The SMILES string of the molecule is CCCCNC(=O)C1CCC(C(=O)Nc2ccccc2Cl)CC1. The van der Waals surface area contributed by atoms with Crippen molar-refractivity contribution in [1.82, 2.24) is 5.32 Å². The molecule has 1 aliphatic carbocycles. The standard InChI is InChI=1S/C18H25ClN2O2/c1-2-3-12-20-17(22)13-8-10-14(11-9-13)18(23)21-16-7-5-4-6-15(16)19/h4-7,13-14H,2-3,8-12H2,1H3,(H,20,22)(H,21,23). The molecule has 0 unspecified atom stereocenters. The van der Waals surface area contributed by atoms with E-state index in [2.05, 4.69) is 17.6 Å². The molecule has 1 saturated carbocycles. The van der Waals surface area contributed by atoms with Gasteiger partial charge in [-0.1, -0.05) is 37.1 Å². The Kier molecular flexibility index (Phi) is 6.90. The molecule has 1 aromatic carbocycles. The van der Waals surface area contributed by atoms with Gasteiger partial charge < -0.3 is 10.6 Å². The van der Waals surface area contributed by atoms with Crippen LogP contribution in [0.5, 0.6) is 0 Å². The zero-order chi connectivity index (χ0) is 16.7. The Morgan fingerprint density at radius 3 is 2.30 bits per heavy atom. The fourth-order valence-corrected chi connectivity index (χ4v) is 3.13. The van der Waals surface area contributed by atoms with Crippen molar-refractivity contribution in [2.75, 3.05) is 11.9 Å². The van der Waals surface area contributed by atoms with Crippen molar-refractivity contribution in [2.24, 2.45) is 11.8 Å². The Morgan fingerprint density at radius 1 is 1.09 bits per heavy atom. The fraction of sp³-hybridized carbons (Fsp3) is 0.556. The van der Waals surface area contributed by atoms with Gasteiger partial charge in [-0.3, -0.25) is 9.59 Å². The van der Waals surface area contributed by atoms with Crippen molar-refractivity contribution in [2.45, 2.75) is 45.4 Å². The molecule has 0 aromatic heterocycles. The highest BCUT2D eigenvalue weighted by Crippen LogP contribution is 2.30. The number of carbonyl (C=O) groups excluding carboxylic acids is 2. The molecule has 0 bridgehead atoms. The Balaban J connectivity index is 1.78. The summed E-state index contributed by atoms with van der Waals surface area (Å²) >= 11 is 6.06. The Morgan fingerprint density at radius 2 is 1.70 bits per heavy atom. The molecule has 5 heteroatoms. The molecular weight excluding hydrogens is 312 g/mol. The van der Waals surface area contributed by atoms with Crippen LogP contribution in [0.15, 0.2) is 24.3 Å². The van der Waals surface area contributed by atoms with Crippen LogP contribution in [0.2, 0.25) is 5.02 Å². The maximum absolute atomic E-state index is 12.3. The first-order valence-electron chi connectivity index (χ1n) is 8.45. The molecule has 0 radical (unpaired) electrons. The van der Waals surface area contributed by atoms with Crippen molar-refractivity contribution in [3.63, 3.8) is 0 Å². The quantitative estimate of drug-likeness (QED) is 0.771. The maximum atomic E-state index is 12.3. The summed E-state index contributed by atoms with van der Waals surface area (Å²) in [6.45, 7) is 2.86. The van der Waals surface area contributed by atoms with Crippen LogP contribution >= 0.6 is 11.6 Å². The van der Waals surface area contributed by atoms with Gasteiger partial charge in [-0.15, -0.1) is 0 Å². The van der Waals surface area contributed by atoms with E-state index >= 15 is 0 Å². The predicted molar refractivity (Wildman–Crippen MR) is 93.4 cm³/mol. The predicted octanol–water partition coefficient (Wildman–Crippen LogP) is 4.00. The average molecular weight is 337 g/mol. The molecule has 2 N–H and O–H groups in total. The zero-order valence-electron chi connectivity index (χ0n) is 13.6. The number of hydrogen-bond acceptors (Lipinski definition) is 2. The minimum atomic E-state index is -0.0361. The number of benzene rings is 1. The summed E-state index contributed by atoms with van der Waals surface area (Å²) in [6.07, 6.45) is 5.15. The third-order valence-electron chi connectivity index (χ3n) is 4.43. The number of halogens is 1. The number of nitrogens with one attached hydrogen (secondary N) is 2. The molecule has 126 valence electrons. The van der Waals surface area contributed by atoms with E-state index in [4.69, 9.17) is 11.6 Å². The first-order valence-corrected chi connectivity index (χ1v) is 8.82. The van der Waals surface area contributed by atoms with E-state index in [-0.39, 0.29) is 23.7 Å². The van der Waals surface area contributed by atoms with E-state index in [1.807, 2.05) is 12.1 Å². The number of carbonyl (C=O) groups is 2. The second-order valence-corrected chi connectivity index (χ2v) is 6.57. The van der Waals surface area contributed by atoms with Crippen LogP contribution in [0.4, 0.5) is 5.69 Å². The summed E-state index contributed by atoms with van der Waals surface area (Å²) in [7, 11) is 0. The molecule has 2 rings (SSSR count). The number of unbranched alkanes of at least 4 members (excludes halogenated alkanes) is 1. The van der Waals surface area contributed by atoms with Crippen molar-refractivity contribution in [1.29, 1.82) is 0 Å². The van der Waals surface area contributed by atoms with Crippen molar-refractivity contribution in [3.05, 3.63) is 29.3 Å². The molecule has 23 heavy (non-hydrogen) atoms. The van der Waals surface area contributed by atoms with Crippen LogP contribution < -0.4 is 10.6 Å². The average Bonchev–Trinajstić information content (AvgIpc) is 2.57. The minimum Gasteiger partial charge on any atom is -0.356 e. The van der Waals surface area contributed by atoms with E-state index < -0.39 is 0 Å². The summed E-state index contributed by atoms with van der Waals surface area (Å²) < 4.78 is 0. The summed E-state index contributed by atoms with van der Waals surface area (Å²) in [5, 5.41) is 6.43. The Hall–Kier alpha value is -1.55. The number of hydrogen-bond donors (Lipinski definition) is 2. The first-order chi connectivity index (χ1) is 11.1. The van der Waals surface area contributed by atoms with E-state index in [9.17, 15) is 9.59 Å². The van der Waals surface area contributed by atoms with E-state index in [0.717, 1.165) is 45.1 Å². The molecule has 1 fully saturated rings. The number of amides is 2. The lowest BCUT2D eigenvalue weighted by atomic mass is 9.81. The number of anilines is 1. The molecule has 4 nitrogen and oxygen atoms in total. The third kappa shape index (κ3) is 5.24. The first kappa shape index (κ1) is 17.8. The van der Waals surface area contributed by atoms with Crippen LogP contribution in [0, 0.1) is 11.8 Å². The van der Waals surface area contributed by atoms with E-state index in [0.29, 0.717) is 10.7 Å². The van der Waals surface area contributed by atoms with Crippen LogP contribution in [-0.2, 0) is 9.59 Å². The Labute approximate surface area is 143 Å². The van der Waals surface area contributed by atoms with Gasteiger partial charge in [0.25, 0.3) is 0 Å². The molecule has 0 spiro atoms. The second-order valence-electron chi connectivity index (χ2n) is 6.16. The normalized spacial score (nSPS) is 20.8. The lowest BCUT2D eigenvalue weighted by Crippen LogP contribution is -2.35. The van der Waals surface area contributed by atoms with E-state index in [1.54, 1.807) is 12.1 Å². The summed E-state index contributed by atoms with van der Waals surface area (Å²) in [6, 6.07) is 7.24. The van der Waals surface area contributed by atoms with Gasteiger partial charge in [-0.05, 0) is 44.2 Å². The van der Waals surface area contributed by atoms with Crippen LogP contribution in [0.1, 0.15) is 45.4 Å². The van der Waals surface area contributed by atoms with Crippen LogP contribution in [0.3, 0.4) is 0 Å². The third-order valence-corrected chi connectivity index (χ3v) is 4.76. The van der Waals surface area contributed by atoms with Crippen molar-refractivity contribution < 1.29 is 9.59 Å². The van der Waals surface area contributed by atoms with Gasteiger partial charge in [0.15, 0.2) is 0 Å². The highest BCUT2D eigenvalue weighted by atomic mass is 35.5. The minimum absolute atomic E-state index is 0.00272. The highest BCUT2D eigenvalue weighted by molar-refractivity contribution is 6.33. The van der Waals surface area contributed by atoms with Crippen molar-refractivity contribution in [3.8, 4) is 0 Å². The summed E-state index contributed by atoms with van der Waals surface area (Å²) in [5.74, 6) is 0.161. The van der Waals surface area contributed by atoms with Gasteiger partial charge in [-0.25, -0.2) is 0 Å². The molecule has 0 heterocycles. The van der Waals surface area contributed by atoms with Gasteiger partial charge in [-0.2, -0.15) is 0 Å². The monoisotopic (exact) mass is 336 g/mol. The second kappa shape index (κ2) is 8.92. The molecule has 1 aliphatic rings. The molecule has 0 aliphatic heterocycles. The van der Waals surface area contributed by atoms with Gasteiger partial charge in [0, 0.05) is 18.4 Å². The maximum Gasteiger partial charge on any atom is 0.227 e. The fourth-order valence-electron chi connectivity index (χ4n) is 2.95. The van der Waals surface area contributed by atoms with Gasteiger partial charge in [0.05, 0.1) is 10.7 Å². The highest BCUT2D eigenvalue weighted by Gasteiger charge is 2.29. The lowest BCUT2D eigenvalue weighted by molar-refractivity contribution is -0.128. The molecule has 0 saturated heterocycles. The topological polar surface area (TPSA) is 58.2 Å². The molecule has 0 atom stereocenters. The molecule has 1 aromatic rings. The summed E-state index contributed by atoms with van der Waals surface area (Å²) in [4.78, 5) is 24.4. The summed E-state index contributed by atoms with van der Waals surface area (Å²) in [5.41, 5.74) is 0.651. The van der Waals surface area contributed by atoms with Gasteiger partial charge >= 0.3 is 0 Å². The lowest BCUT2D eigenvalue weighted by Gasteiger charge is -2.27. The number of para-hydroxylation sites is 1. The van der Waals surface area contributed by atoms with Gasteiger partial charge in [0.2, 0.25) is 11.8 Å². The molecular formula is C18H25ClN2O2. The van der Waals surface area contributed by atoms with Gasteiger partial charge in [0.1, 0.15) is 0 Å².